The first-order chi connectivity index (χ1) is 9.40. The Morgan fingerprint density at radius 3 is 2.50 bits per heavy atom. The maximum atomic E-state index is 12.3. The zero-order valence-electron chi connectivity index (χ0n) is 10.8. The topological polar surface area (TPSA) is 83.5 Å². The van der Waals surface area contributed by atoms with Crippen LogP contribution in [0.1, 0.15) is 42.5 Å². The number of carboxylic acids is 1. The molecule has 1 fully saturated rings. The average Bonchev–Trinajstić information content (AvgIpc) is 2.41. The number of aromatic carboxylic acids is 1. The lowest BCUT2D eigenvalue weighted by molar-refractivity contribution is 0.0698. The monoisotopic (exact) mass is 317 g/mol. The molecule has 1 aliphatic carbocycles. The van der Waals surface area contributed by atoms with Gasteiger partial charge in [0.15, 0.2) is 0 Å². The molecule has 110 valence electrons. The van der Waals surface area contributed by atoms with Crippen molar-refractivity contribution in [3.05, 3.63) is 28.8 Å². The normalized spacial score (nSPS) is 16.9. The molecule has 0 spiro atoms. The van der Waals surface area contributed by atoms with Crippen molar-refractivity contribution in [3.8, 4) is 0 Å². The van der Waals surface area contributed by atoms with E-state index in [0.29, 0.717) is 12.8 Å². The quantitative estimate of drug-likeness (QED) is 0.893. The van der Waals surface area contributed by atoms with Crippen LogP contribution in [0.25, 0.3) is 0 Å². The summed E-state index contributed by atoms with van der Waals surface area (Å²) >= 11 is 5.74. The number of nitrogens with one attached hydrogen (secondary N) is 1. The van der Waals surface area contributed by atoms with Crippen molar-refractivity contribution in [3.63, 3.8) is 0 Å². The minimum Gasteiger partial charge on any atom is -0.478 e. The van der Waals surface area contributed by atoms with Crippen LogP contribution in [0.4, 0.5) is 5.69 Å². The summed E-state index contributed by atoms with van der Waals surface area (Å²) in [6.45, 7) is 0. The van der Waals surface area contributed by atoms with E-state index in [2.05, 4.69) is 4.72 Å². The van der Waals surface area contributed by atoms with E-state index in [1.807, 2.05) is 0 Å². The number of hydrogen-bond acceptors (Lipinski definition) is 3. The van der Waals surface area contributed by atoms with Gasteiger partial charge in [0.2, 0.25) is 10.0 Å². The molecule has 2 rings (SSSR count). The molecule has 2 N–H and O–H groups in total. The van der Waals surface area contributed by atoms with Crippen LogP contribution in [0.3, 0.4) is 0 Å². The minimum absolute atomic E-state index is 0.0625. The second-order valence-corrected chi connectivity index (χ2v) is 7.30. The molecule has 0 saturated heterocycles. The van der Waals surface area contributed by atoms with Crippen LogP contribution in [0.2, 0.25) is 5.02 Å². The third-order valence-corrected chi connectivity index (χ3v) is 5.54. The molecule has 1 aromatic carbocycles. The second kappa shape index (κ2) is 6.01. The second-order valence-electron chi connectivity index (χ2n) is 4.90. The van der Waals surface area contributed by atoms with Crippen LogP contribution >= 0.6 is 11.6 Å². The Morgan fingerprint density at radius 1 is 1.25 bits per heavy atom. The van der Waals surface area contributed by atoms with Gasteiger partial charge in [-0.2, -0.15) is 0 Å². The van der Waals surface area contributed by atoms with Crippen molar-refractivity contribution in [1.82, 2.24) is 0 Å². The number of benzene rings is 1. The zero-order valence-corrected chi connectivity index (χ0v) is 12.4. The van der Waals surface area contributed by atoms with Crippen molar-refractivity contribution >= 4 is 33.3 Å². The predicted octanol–water partition coefficient (Wildman–Crippen LogP) is 3.11. The van der Waals surface area contributed by atoms with E-state index >= 15 is 0 Å². The Morgan fingerprint density at radius 2 is 1.90 bits per heavy atom. The lowest BCUT2D eigenvalue weighted by Crippen LogP contribution is -2.30. The molecule has 0 amide bonds. The van der Waals surface area contributed by atoms with Crippen molar-refractivity contribution in [2.24, 2.45) is 0 Å². The number of anilines is 1. The molecule has 1 saturated carbocycles. The molecule has 7 heteroatoms. The van der Waals surface area contributed by atoms with E-state index in [9.17, 15) is 13.2 Å². The van der Waals surface area contributed by atoms with E-state index in [1.165, 1.54) is 18.2 Å². The molecule has 0 atom stereocenters. The highest BCUT2D eigenvalue weighted by Crippen LogP contribution is 2.27. The minimum atomic E-state index is -3.56. The Kier molecular flexibility index (Phi) is 4.55. The first-order valence-corrected chi connectivity index (χ1v) is 8.37. The Bertz CT molecular complexity index is 609. The summed E-state index contributed by atoms with van der Waals surface area (Å²) in [5.74, 6) is -1.21. The molecule has 1 aromatic rings. The largest absolute Gasteiger partial charge is 0.478 e. The molecule has 0 bridgehead atoms. The van der Waals surface area contributed by atoms with E-state index < -0.39 is 21.2 Å². The zero-order chi connectivity index (χ0) is 14.8. The van der Waals surface area contributed by atoms with Crippen LogP contribution in [0, 0.1) is 0 Å². The van der Waals surface area contributed by atoms with Gasteiger partial charge in [0, 0.05) is 5.02 Å². The number of hydrogen-bond donors (Lipinski definition) is 2. The highest BCUT2D eigenvalue weighted by Gasteiger charge is 2.28. The maximum Gasteiger partial charge on any atom is 0.337 e. The van der Waals surface area contributed by atoms with Crippen LogP contribution in [-0.2, 0) is 10.0 Å². The van der Waals surface area contributed by atoms with Crippen LogP contribution in [0.15, 0.2) is 18.2 Å². The first-order valence-electron chi connectivity index (χ1n) is 6.44. The Hall–Kier alpha value is -1.27. The fourth-order valence-electron chi connectivity index (χ4n) is 2.39. The fourth-order valence-corrected chi connectivity index (χ4v) is 4.17. The standard InChI is InChI=1S/C13H16ClNO4S/c14-9-6-7-12(11(8-9)13(16)17)15-20(18,19)10-4-2-1-3-5-10/h6-8,10,15H,1-5H2,(H,16,17). The summed E-state index contributed by atoms with van der Waals surface area (Å²) in [7, 11) is -3.56. The molecule has 0 aromatic heterocycles. The van der Waals surface area contributed by atoms with Gasteiger partial charge in [-0.3, -0.25) is 4.72 Å². The van der Waals surface area contributed by atoms with E-state index in [1.54, 1.807) is 0 Å². The fraction of sp³-hybridized carbons (Fsp3) is 0.462. The van der Waals surface area contributed by atoms with Crippen molar-refractivity contribution < 1.29 is 18.3 Å². The van der Waals surface area contributed by atoms with Gasteiger partial charge in [-0.25, -0.2) is 13.2 Å². The highest BCUT2D eigenvalue weighted by molar-refractivity contribution is 7.93. The lowest BCUT2D eigenvalue weighted by atomic mass is 10.0. The molecule has 0 radical (unpaired) electrons. The van der Waals surface area contributed by atoms with Crippen molar-refractivity contribution in [1.29, 1.82) is 0 Å². The number of carboxylic acid groups (broad SMARTS) is 1. The SMILES string of the molecule is O=C(O)c1cc(Cl)ccc1NS(=O)(=O)C1CCCCC1. The van der Waals surface area contributed by atoms with Crippen LogP contribution in [-0.4, -0.2) is 24.7 Å². The van der Waals surface area contributed by atoms with Gasteiger partial charge in [-0.05, 0) is 31.0 Å². The average molecular weight is 318 g/mol. The molecular formula is C13H16ClNO4S. The van der Waals surface area contributed by atoms with E-state index in [0.717, 1.165) is 19.3 Å². The molecule has 0 unspecified atom stereocenters. The Balaban J connectivity index is 2.27. The summed E-state index contributed by atoms with van der Waals surface area (Å²) in [6, 6.07) is 4.08. The van der Waals surface area contributed by atoms with Gasteiger partial charge in [0.05, 0.1) is 16.5 Å². The van der Waals surface area contributed by atoms with Crippen LogP contribution in [0.5, 0.6) is 0 Å². The predicted molar refractivity (Wildman–Crippen MR) is 77.8 cm³/mol. The summed E-state index contributed by atoms with van der Waals surface area (Å²) in [6.07, 6.45) is 4.06. The van der Waals surface area contributed by atoms with Crippen molar-refractivity contribution in [2.45, 2.75) is 37.4 Å². The summed E-state index contributed by atoms with van der Waals surface area (Å²) < 4.78 is 27.0. The van der Waals surface area contributed by atoms with Gasteiger partial charge in [-0.15, -0.1) is 0 Å². The molecule has 0 heterocycles. The third-order valence-electron chi connectivity index (χ3n) is 3.46. The maximum absolute atomic E-state index is 12.3. The number of halogens is 1. The van der Waals surface area contributed by atoms with Gasteiger partial charge in [-0.1, -0.05) is 30.9 Å². The molecule has 5 nitrogen and oxygen atoms in total. The molecule has 20 heavy (non-hydrogen) atoms. The van der Waals surface area contributed by atoms with Crippen LogP contribution < -0.4 is 4.72 Å². The number of rotatable bonds is 4. The summed E-state index contributed by atoms with van der Waals surface area (Å²) in [5.41, 5.74) is -0.0793. The van der Waals surface area contributed by atoms with Crippen molar-refractivity contribution in [2.75, 3.05) is 4.72 Å². The van der Waals surface area contributed by atoms with Gasteiger partial charge in [0.1, 0.15) is 0 Å². The molecular weight excluding hydrogens is 302 g/mol. The highest BCUT2D eigenvalue weighted by atomic mass is 35.5. The lowest BCUT2D eigenvalue weighted by Gasteiger charge is -2.22. The number of sulfonamides is 1. The van der Waals surface area contributed by atoms with Gasteiger partial charge in [0.25, 0.3) is 0 Å². The van der Waals surface area contributed by atoms with Gasteiger partial charge < -0.3 is 5.11 Å². The Labute approximate surface area is 123 Å². The van der Waals surface area contributed by atoms with Gasteiger partial charge >= 0.3 is 5.97 Å². The first kappa shape index (κ1) is 15.1. The molecule has 0 aliphatic heterocycles. The molecule has 1 aliphatic rings. The summed E-state index contributed by atoms with van der Waals surface area (Å²) in [4.78, 5) is 11.1. The third kappa shape index (κ3) is 3.43. The smallest absolute Gasteiger partial charge is 0.337 e. The van der Waals surface area contributed by atoms with E-state index in [-0.39, 0.29) is 16.3 Å². The summed E-state index contributed by atoms with van der Waals surface area (Å²) in [5, 5.41) is 8.91. The number of carbonyl (C=O) groups is 1. The van der Waals surface area contributed by atoms with E-state index in [4.69, 9.17) is 16.7 Å².